The average molecular weight is 204 g/mol. The van der Waals surface area contributed by atoms with Crippen LogP contribution in [-0.2, 0) is 0 Å². The first-order chi connectivity index (χ1) is 7.27. The number of nitrogen functional groups attached to an aromatic ring is 1. The van der Waals surface area contributed by atoms with Crippen molar-refractivity contribution in [3.63, 3.8) is 0 Å². The Morgan fingerprint density at radius 2 is 1.93 bits per heavy atom. The van der Waals surface area contributed by atoms with Gasteiger partial charge in [0.25, 0.3) is 5.56 Å². The molecule has 3 nitrogen and oxygen atoms in total. The van der Waals surface area contributed by atoms with Crippen LogP contribution in [0.25, 0.3) is 0 Å². The highest BCUT2D eigenvalue weighted by Gasteiger charge is 2.31. The molecule has 0 spiro atoms. The highest BCUT2D eigenvalue weighted by atomic mass is 16.1. The Hall–Kier alpha value is -1.25. The molecule has 3 heteroatoms. The van der Waals surface area contributed by atoms with Gasteiger partial charge >= 0.3 is 0 Å². The lowest BCUT2D eigenvalue weighted by molar-refractivity contribution is 0.299. The zero-order valence-electron chi connectivity index (χ0n) is 8.78. The van der Waals surface area contributed by atoms with Gasteiger partial charge in [-0.15, -0.1) is 0 Å². The van der Waals surface area contributed by atoms with E-state index < -0.39 is 0 Å². The molecule has 1 aromatic heterocycles. The van der Waals surface area contributed by atoms with E-state index in [1.54, 1.807) is 6.07 Å². The van der Waals surface area contributed by atoms with Crippen LogP contribution >= 0.6 is 0 Å². The summed E-state index contributed by atoms with van der Waals surface area (Å²) in [6, 6.07) is 4.24. The molecule has 1 aromatic rings. The lowest BCUT2D eigenvalue weighted by Crippen LogP contribution is -2.32. The topological polar surface area (TPSA) is 48.0 Å². The molecule has 15 heavy (non-hydrogen) atoms. The van der Waals surface area contributed by atoms with Gasteiger partial charge in [-0.2, -0.15) is 0 Å². The van der Waals surface area contributed by atoms with Gasteiger partial charge in [0.2, 0.25) is 0 Å². The maximum Gasteiger partial charge on any atom is 0.274 e. The predicted octanol–water partition coefficient (Wildman–Crippen LogP) is 2.03. The summed E-state index contributed by atoms with van der Waals surface area (Å²) >= 11 is 0. The third-order valence-electron chi connectivity index (χ3n) is 3.61. The quantitative estimate of drug-likeness (QED) is 0.801. The van der Waals surface area contributed by atoms with Crippen LogP contribution in [0.4, 0.5) is 5.69 Å². The van der Waals surface area contributed by atoms with Crippen LogP contribution in [-0.4, -0.2) is 4.57 Å². The molecule has 3 rings (SSSR count). The largest absolute Gasteiger partial charge is 0.394 e. The Morgan fingerprint density at radius 3 is 2.47 bits per heavy atom. The van der Waals surface area contributed by atoms with Gasteiger partial charge in [-0.25, -0.2) is 0 Å². The smallest absolute Gasteiger partial charge is 0.274 e. The van der Waals surface area contributed by atoms with Crippen molar-refractivity contribution in [2.24, 2.45) is 0 Å². The molecule has 0 radical (unpaired) electrons. The van der Waals surface area contributed by atoms with E-state index in [9.17, 15) is 4.79 Å². The van der Waals surface area contributed by atoms with Crippen molar-refractivity contribution in [2.75, 3.05) is 5.73 Å². The van der Waals surface area contributed by atoms with Crippen LogP contribution in [0.2, 0.25) is 0 Å². The maximum atomic E-state index is 12.0. The van der Waals surface area contributed by atoms with Gasteiger partial charge in [-0.05, 0) is 50.2 Å². The second kappa shape index (κ2) is 3.12. The first-order valence-corrected chi connectivity index (χ1v) is 5.78. The van der Waals surface area contributed by atoms with Crippen molar-refractivity contribution in [2.45, 2.75) is 44.1 Å². The van der Waals surface area contributed by atoms with Crippen molar-refractivity contribution in [1.29, 1.82) is 0 Å². The molecule has 2 fully saturated rings. The molecule has 2 aliphatic carbocycles. The van der Waals surface area contributed by atoms with E-state index in [0.29, 0.717) is 17.6 Å². The lowest BCUT2D eigenvalue weighted by Gasteiger charge is -2.30. The molecule has 0 unspecified atom stereocenters. The SMILES string of the molecule is Nc1ccc(C2CC2)n(C2CCC2)c1=O. The third kappa shape index (κ3) is 1.37. The zero-order chi connectivity index (χ0) is 10.4. The van der Waals surface area contributed by atoms with Crippen LogP contribution < -0.4 is 11.3 Å². The van der Waals surface area contributed by atoms with Gasteiger partial charge in [0.1, 0.15) is 0 Å². The minimum atomic E-state index is 0.0316. The second-order valence-electron chi connectivity index (χ2n) is 4.75. The predicted molar refractivity (Wildman–Crippen MR) is 60.0 cm³/mol. The first-order valence-electron chi connectivity index (χ1n) is 5.78. The van der Waals surface area contributed by atoms with E-state index in [-0.39, 0.29) is 5.56 Å². The Kier molecular flexibility index (Phi) is 1.87. The monoisotopic (exact) mass is 204 g/mol. The average Bonchev–Trinajstić information content (AvgIpc) is 2.93. The summed E-state index contributed by atoms with van der Waals surface area (Å²) in [4.78, 5) is 12.0. The fourth-order valence-electron chi connectivity index (χ4n) is 2.32. The van der Waals surface area contributed by atoms with E-state index in [1.807, 2.05) is 10.6 Å². The summed E-state index contributed by atoms with van der Waals surface area (Å²) in [5.74, 6) is 0.624. The van der Waals surface area contributed by atoms with Gasteiger partial charge in [-0.3, -0.25) is 4.79 Å². The van der Waals surface area contributed by atoms with Gasteiger partial charge in [0.05, 0.1) is 5.69 Å². The summed E-state index contributed by atoms with van der Waals surface area (Å²) in [7, 11) is 0. The molecular weight excluding hydrogens is 188 g/mol. The Morgan fingerprint density at radius 1 is 1.20 bits per heavy atom. The van der Waals surface area contributed by atoms with Crippen molar-refractivity contribution >= 4 is 5.69 Å². The van der Waals surface area contributed by atoms with Crippen LogP contribution in [0.3, 0.4) is 0 Å². The van der Waals surface area contributed by atoms with Crippen LogP contribution in [0.1, 0.15) is 49.8 Å². The normalized spacial score (nSPS) is 21.3. The fourth-order valence-corrected chi connectivity index (χ4v) is 2.32. The molecule has 2 aliphatic rings. The molecule has 0 amide bonds. The molecule has 2 saturated carbocycles. The van der Waals surface area contributed by atoms with Crippen LogP contribution in [0.5, 0.6) is 0 Å². The molecule has 2 N–H and O–H groups in total. The Bertz CT molecular complexity index is 441. The van der Waals surface area contributed by atoms with E-state index in [2.05, 4.69) is 0 Å². The fraction of sp³-hybridized carbons (Fsp3) is 0.583. The van der Waals surface area contributed by atoms with Crippen molar-refractivity contribution in [3.8, 4) is 0 Å². The summed E-state index contributed by atoms with van der Waals surface area (Å²) in [6.07, 6.45) is 5.99. The molecule has 1 heterocycles. The van der Waals surface area contributed by atoms with Crippen molar-refractivity contribution < 1.29 is 0 Å². The van der Waals surface area contributed by atoms with E-state index in [4.69, 9.17) is 5.73 Å². The van der Waals surface area contributed by atoms with Crippen molar-refractivity contribution in [3.05, 3.63) is 28.2 Å². The number of anilines is 1. The van der Waals surface area contributed by atoms with E-state index in [1.165, 1.54) is 25.0 Å². The minimum Gasteiger partial charge on any atom is -0.394 e. The number of hydrogen-bond acceptors (Lipinski definition) is 2. The first kappa shape index (κ1) is 9.01. The maximum absolute atomic E-state index is 12.0. The highest BCUT2D eigenvalue weighted by molar-refractivity contribution is 5.37. The molecule has 0 saturated heterocycles. The summed E-state index contributed by atoms with van der Waals surface area (Å²) < 4.78 is 1.97. The molecule has 0 atom stereocenters. The summed E-state index contributed by atoms with van der Waals surface area (Å²) in [6.45, 7) is 0. The summed E-state index contributed by atoms with van der Waals surface area (Å²) in [5, 5.41) is 0. The Balaban J connectivity index is 2.12. The van der Waals surface area contributed by atoms with E-state index in [0.717, 1.165) is 12.8 Å². The lowest BCUT2D eigenvalue weighted by atomic mass is 9.92. The number of pyridine rings is 1. The second-order valence-corrected chi connectivity index (χ2v) is 4.75. The molecule has 0 aliphatic heterocycles. The molecule has 80 valence electrons. The van der Waals surface area contributed by atoms with E-state index >= 15 is 0 Å². The van der Waals surface area contributed by atoms with Gasteiger partial charge in [0.15, 0.2) is 0 Å². The number of nitrogens with zero attached hydrogens (tertiary/aromatic N) is 1. The van der Waals surface area contributed by atoms with Crippen molar-refractivity contribution in [1.82, 2.24) is 4.57 Å². The molecular formula is C12H16N2O. The standard InChI is InChI=1S/C12H16N2O/c13-10-6-7-11(8-4-5-8)14(12(10)15)9-2-1-3-9/h6-9H,1-5,13H2. The highest BCUT2D eigenvalue weighted by Crippen LogP contribution is 2.42. The number of hydrogen-bond donors (Lipinski definition) is 1. The number of rotatable bonds is 2. The number of aromatic nitrogens is 1. The Labute approximate surface area is 88.9 Å². The summed E-state index contributed by atoms with van der Waals surface area (Å²) in [5.41, 5.74) is 7.34. The van der Waals surface area contributed by atoms with Gasteiger partial charge < -0.3 is 10.3 Å². The third-order valence-corrected chi connectivity index (χ3v) is 3.61. The molecule has 0 bridgehead atoms. The van der Waals surface area contributed by atoms with Gasteiger partial charge in [0, 0.05) is 11.7 Å². The zero-order valence-corrected chi connectivity index (χ0v) is 8.78. The van der Waals surface area contributed by atoms with Crippen LogP contribution in [0, 0.1) is 0 Å². The minimum absolute atomic E-state index is 0.0316. The number of nitrogens with two attached hydrogens (primary N) is 1. The van der Waals surface area contributed by atoms with Crippen LogP contribution in [0.15, 0.2) is 16.9 Å². The van der Waals surface area contributed by atoms with Gasteiger partial charge in [-0.1, -0.05) is 0 Å². The molecule has 0 aromatic carbocycles.